The Morgan fingerprint density at radius 2 is 1.92 bits per heavy atom. The van der Waals surface area contributed by atoms with Crippen molar-refractivity contribution in [2.45, 2.75) is 33.0 Å². The van der Waals surface area contributed by atoms with Crippen molar-refractivity contribution in [2.75, 3.05) is 7.11 Å². The maximum absolute atomic E-state index is 12.6. The second kappa shape index (κ2) is 8.02. The van der Waals surface area contributed by atoms with Crippen LogP contribution < -0.4 is 0 Å². The third-order valence-corrected chi connectivity index (χ3v) is 4.28. The van der Waals surface area contributed by atoms with Gasteiger partial charge in [0.25, 0.3) is 0 Å². The van der Waals surface area contributed by atoms with Gasteiger partial charge in [0.1, 0.15) is 18.6 Å². The Labute approximate surface area is 141 Å². The van der Waals surface area contributed by atoms with Crippen LogP contribution in [0.4, 0.5) is 0 Å². The van der Waals surface area contributed by atoms with Crippen LogP contribution >= 0.6 is 0 Å². The van der Waals surface area contributed by atoms with E-state index in [1.807, 2.05) is 37.3 Å². The Hall–Kier alpha value is -2.27. The molecule has 0 saturated heterocycles. The largest absolute Gasteiger partial charge is 0.460 e. The highest BCUT2D eigenvalue weighted by Crippen LogP contribution is 2.29. The average Bonchev–Trinajstić information content (AvgIpc) is 2.59. The molecule has 0 spiro atoms. The Bertz CT molecular complexity index is 647. The van der Waals surface area contributed by atoms with Crippen LogP contribution in [0.5, 0.6) is 0 Å². The molecule has 0 fully saturated rings. The first-order chi connectivity index (χ1) is 11.5. The Morgan fingerprint density at radius 3 is 2.54 bits per heavy atom. The summed E-state index contributed by atoms with van der Waals surface area (Å²) in [6.07, 6.45) is 1.37. The second-order valence-electron chi connectivity index (χ2n) is 6.01. The highest BCUT2D eigenvalue weighted by Gasteiger charge is 2.40. The summed E-state index contributed by atoms with van der Waals surface area (Å²) in [4.78, 5) is 37.2. The quantitative estimate of drug-likeness (QED) is 0.455. The van der Waals surface area contributed by atoms with Gasteiger partial charge in [-0.25, -0.2) is 0 Å². The lowest BCUT2D eigenvalue weighted by atomic mass is 9.78. The number of carbonyl (C=O) groups excluding carboxylic acids is 3. The van der Waals surface area contributed by atoms with E-state index in [0.29, 0.717) is 6.42 Å². The molecule has 0 heterocycles. The van der Waals surface area contributed by atoms with Gasteiger partial charge in [0.15, 0.2) is 11.6 Å². The number of allylic oxidation sites excluding steroid dienone is 1. The number of hydrogen-bond donors (Lipinski definition) is 0. The summed E-state index contributed by atoms with van der Waals surface area (Å²) in [5.74, 6) is -2.59. The molecule has 1 aromatic rings. The summed E-state index contributed by atoms with van der Waals surface area (Å²) < 4.78 is 10.3. The SMILES string of the molecule is CO[C@H](C)C(=O)C1=CC[C@@H](C)C(C(=O)OCc2ccccc2)C1=O. The molecule has 0 aromatic heterocycles. The van der Waals surface area contributed by atoms with E-state index in [9.17, 15) is 14.4 Å². The van der Waals surface area contributed by atoms with Gasteiger partial charge >= 0.3 is 5.97 Å². The third-order valence-electron chi connectivity index (χ3n) is 4.28. The van der Waals surface area contributed by atoms with Crippen LogP contribution in [0.2, 0.25) is 0 Å². The van der Waals surface area contributed by atoms with Gasteiger partial charge in [-0.3, -0.25) is 14.4 Å². The normalized spacial score (nSPS) is 21.8. The maximum atomic E-state index is 12.6. The summed E-state index contributed by atoms with van der Waals surface area (Å²) >= 11 is 0. The summed E-state index contributed by atoms with van der Waals surface area (Å²) in [6, 6.07) is 9.26. The smallest absolute Gasteiger partial charge is 0.317 e. The number of benzene rings is 1. The molecule has 5 nitrogen and oxygen atoms in total. The Balaban J connectivity index is 2.08. The fourth-order valence-corrected chi connectivity index (χ4v) is 2.67. The van der Waals surface area contributed by atoms with Crippen molar-refractivity contribution in [3.63, 3.8) is 0 Å². The maximum Gasteiger partial charge on any atom is 0.317 e. The minimum absolute atomic E-state index is 0.0455. The summed E-state index contributed by atoms with van der Waals surface area (Å²) in [5.41, 5.74) is 0.894. The summed E-state index contributed by atoms with van der Waals surface area (Å²) in [6.45, 7) is 3.50. The third kappa shape index (κ3) is 3.97. The van der Waals surface area contributed by atoms with E-state index in [4.69, 9.17) is 9.47 Å². The molecule has 3 atom stereocenters. The number of carbonyl (C=O) groups is 3. The molecule has 5 heteroatoms. The molecular weight excluding hydrogens is 308 g/mol. The van der Waals surface area contributed by atoms with Crippen LogP contribution in [0.3, 0.4) is 0 Å². The van der Waals surface area contributed by atoms with Crippen molar-refractivity contribution in [3.8, 4) is 0 Å². The molecule has 0 amide bonds. The van der Waals surface area contributed by atoms with Crippen LogP contribution in [-0.2, 0) is 30.5 Å². The first-order valence-electron chi connectivity index (χ1n) is 7.97. The second-order valence-corrected chi connectivity index (χ2v) is 6.01. The highest BCUT2D eigenvalue weighted by molar-refractivity contribution is 6.26. The number of methoxy groups -OCH3 is 1. The highest BCUT2D eigenvalue weighted by atomic mass is 16.5. The number of ether oxygens (including phenoxy) is 2. The van der Waals surface area contributed by atoms with Crippen LogP contribution in [0.1, 0.15) is 25.8 Å². The van der Waals surface area contributed by atoms with Gasteiger partial charge in [0.05, 0.1) is 5.57 Å². The molecule has 1 aliphatic carbocycles. The first-order valence-corrected chi connectivity index (χ1v) is 7.97. The molecule has 1 unspecified atom stereocenters. The average molecular weight is 330 g/mol. The monoisotopic (exact) mass is 330 g/mol. The lowest BCUT2D eigenvalue weighted by molar-refractivity contribution is -0.155. The number of esters is 1. The Kier molecular flexibility index (Phi) is 6.04. The predicted octanol–water partition coefficient (Wildman–Crippen LogP) is 2.49. The molecular formula is C19H22O5. The van der Waals surface area contributed by atoms with E-state index in [2.05, 4.69) is 0 Å². The molecule has 1 aromatic carbocycles. The van der Waals surface area contributed by atoms with Crippen LogP contribution in [0.25, 0.3) is 0 Å². The number of ketones is 2. The van der Waals surface area contributed by atoms with Crippen molar-refractivity contribution in [3.05, 3.63) is 47.5 Å². The molecule has 0 bridgehead atoms. The lowest BCUT2D eigenvalue weighted by Gasteiger charge is -2.26. The fraction of sp³-hybridized carbons (Fsp3) is 0.421. The minimum Gasteiger partial charge on any atom is -0.460 e. The van der Waals surface area contributed by atoms with E-state index in [1.165, 1.54) is 7.11 Å². The molecule has 0 saturated carbocycles. The van der Waals surface area contributed by atoms with Crippen molar-refractivity contribution < 1.29 is 23.9 Å². The van der Waals surface area contributed by atoms with Crippen molar-refractivity contribution in [1.29, 1.82) is 0 Å². The Morgan fingerprint density at radius 1 is 1.25 bits per heavy atom. The van der Waals surface area contributed by atoms with Gasteiger partial charge < -0.3 is 9.47 Å². The molecule has 0 radical (unpaired) electrons. The van der Waals surface area contributed by atoms with Crippen LogP contribution in [0, 0.1) is 11.8 Å². The molecule has 0 aliphatic heterocycles. The minimum atomic E-state index is -0.943. The number of hydrogen-bond acceptors (Lipinski definition) is 5. The molecule has 2 rings (SSSR count). The van der Waals surface area contributed by atoms with Gasteiger partial charge in [-0.05, 0) is 24.8 Å². The first kappa shape index (κ1) is 18.1. The zero-order valence-corrected chi connectivity index (χ0v) is 14.2. The molecule has 128 valence electrons. The van der Waals surface area contributed by atoms with Crippen LogP contribution in [0.15, 0.2) is 42.0 Å². The van der Waals surface area contributed by atoms with Crippen molar-refractivity contribution >= 4 is 17.5 Å². The van der Waals surface area contributed by atoms with Crippen LogP contribution in [-0.4, -0.2) is 30.7 Å². The zero-order chi connectivity index (χ0) is 17.7. The van der Waals surface area contributed by atoms with Gasteiger partial charge in [-0.15, -0.1) is 0 Å². The predicted molar refractivity (Wildman–Crippen MR) is 88.1 cm³/mol. The van der Waals surface area contributed by atoms with E-state index in [-0.39, 0.29) is 18.1 Å². The fourth-order valence-electron chi connectivity index (χ4n) is 2.67. The number of rotatable bonds is 6. The van der Waals surface area contributed by atoms with E-state index in [1.54, 1.807) is 13.0 Å². The summed E-state index contributed by atoms with van der Waals surface area (Å²) in [5, 5.41) is 0. The lowest BCUT2D eigenvalue weighted by Crippen LogP contribution is -2.39. The zero-order valence-electron chi connectivity index (χ0n) is 14.2. The van der Waals surface area contributed by atoms with Crippen molar-refractivity contribution in [2.24, 2.45) is 11.8 Å². The van der Waals surface area contributed by atoms with E-state index >= 15 is 0 Å². The topological polar surface area (TPSA) is 69.7 Å². The standard InChI is InChI=1S/C19H22O5/c1-12-9-10-15(17(20)13(2)23-3)18(21)16(12)19(22)24-11-14-7-5-4-6-8-14/h4-8,10,12-13,16H,9,11H2,1-3H3/t12-,13-,16?/m1/s1. The van der Waals surface area contributed by atoms with Crippen molar-refractivity contribution in [1.82, 2.24) is 0 Å². The molecule has 1 aliphatic rings. The van der Waals surface area contributed by atoms with E-state index < -0.39 is 29.6 Å². The van der Waals surface area contributed by atoms with Gasteiger partial charge in [-0.2, -0.15) is 0 Å². The molecule has 0 N–H and O–H groups in total. The van der Waals surface area contributed by atoms with E-state index in [0.717, 1.165) is 5.56 Å². The van der Waals surface area contributed by atoms with Gasteiger partial charge in [0, 0.05) is 7.11 Å². The van der Waals surface area contributed by atoms with Gasteiger partial charge in [0.2, 0.25) is 0 Å². The van der Waals surface area contributed by atoms with Gasteiger partial charge in [-0.1, -0.05) is 43.3 Å². The number of Topliss-reactive ketones (excluding diaryl/α,β-unsaturated/α-hetero) is 2. The molecule has 24 heavy (non-hydrogen) atoms. The summed E-state index contributed by atoms with van der Waals surface area (Å²) in [7, 11) is 1.41.